The van der Waals surface area contributed by atoms with E-state index < -0.39 is 0 Å². The van der Waals surface area contributed by atoms with E-state index in [1.54, 1.807) is 12.1 Å². The normalized spacial score (nSPS) is 15.5. The van der Waals surface area contributed by atoms with Gasteiger partial charge in [0.05, 0.1) is 29.4 Å². The van der Waals surface area contributed by atoms with E-state index in [1.165, 1.54) is 31.1 Å². The number of rotatable bonds is 6. The van der Waals surface area contributed by atoms with Crippen molar-refractivity contribution in [1.29, 1.82) is 0 Å². The minimum absolute atomic E-state index is 0.146. The summed E-state index contributed by atoms with van der Waals surface area (Å²) in [4.78, 5) is 15.2. The largest absolute Gasteiger partial charge is 0.496 e. The number of aryl methyl sites for hydroxylation is 1. The van der Waals surface area contributed by atoms with Crippen LogP contribution in [-0.2, 0) is 0 Å². The Morgan fingerprint density at radius 1 is 1.26 bits per heavy atom. The topological polar surface area (TPSA) is 67.6 Å². The van der Waals surface area contributed by atoms with Crippen LogP contribution in [0, 0.1) is 6.92 Å². The first-order valence-electron chi connectivity index (χ1n) is 9.21. The molecule has 2 aromatic carbocycles. The zero-order valence-electron chi connectivity index (χ0n) is 15.8. The monoisotopic (exact) mass is 387 g/mol. The van der Waals surface area contributed by atoms with E-state index in [9.17, 15) is 4.79 Å². The number of amides is 1. The van der Waals surface area contributed by atoms with E-state index in [4.69, 9.17) is 22.1 Å². The molecule has 3 rings (SSSR count). The average molecular weight is 388 g/mol. The van der Waals surface area contributed by atoms with Crippen molar-refractivity contribution < 1.29 is 9.53 Å². The number of carbonyl (C=O) groups is 1. The molecule has 0 radical (unpaired) electrons. The van der Waals surface area contributed by atoms with Crippen LogP contribution >= 0.6 is 11.6 Å². The Morgan fingerprint density at radius 2 is 1.93 bits per heavy atom. The molecule has 0 aliphatic carbocycles. The Kier molecular flexibility index (Phi) is 6.24. The van der Waals surface area contributed by atoms with Crippen LogP contribution in [-0.4, -0.2) is 37.6 Å². The number of hydrogen-bond donors (Lipinski definition) is 2. The Bertz CT molecular complexity index is 802. The van der Waals surface area contributed by atoms with Gasteiger partial charge in [0.1, 0.15) is 5.75 Å². The fourth-order valence-electron chi connectivity index (χ4n) is 3.50. The minimum atomic E-state index is -0.218. The van der Waals surface area contributed by atoms with Crippen molar-refractivity contribution in [1.82, 2.24) is 10.2 Å². The van der Waals surface area contributed by atoms with Gasteiger partial charge in [0.2, 0.25) is 0 Å². The maximum absolute atomic E-state index is 12.8. The molecule has 1 aliphatic rings. The number of halogens is 1. The molecular weight excluding hydrogens is 362 g/mol. The zero-order chi connectivity index (χ0) is 19.4. The molecule has 144 valence electrons. The lowest BCUT2D eigenvalue weighted by Crippen LogP contribution is -2.37. The predicted octanol–water partition coefficient (Wildman–Crippen LogP) is 3.81. The number of benzene rings is 2. The van der Waals surface area contributed by atoms with Crippen LogP contribution < -0.4 is 15.8 Å². The Hall–Kier alpha value is -2.24. The summed E-state index contributed by atoms with van der Waals surface area (Å²) in [5, 5.41) is 3.39. The summed E-state index contributed by atoms with van der Waals surface area (Å²) in [6.07, 6.45) is 2.38. The van der Waals surface area contributed by atoms with Gasteiger partial charge in [-0.2, -0.15) is 0 Å². The van der Waals surface area contributed by atoms with E-state index in [0.717, 1.165) is 13.1 Å². The number of methoxy groups -OCH3 is 1. The quantitative estimate of drug-likeness (QED) is 0.739. The molecule has 6 heteroatoms. The van der Waals surface area contributed by atoms with Gasteiger partial charge in [-0.1, -0.05) is 41.4 Å². The first-order chi connectivity index (χ1) is 13.0. The average Bonchev–Trinajstić information content (AvgIpc) is 3.19. The Balaban J connectivity index is 1.78. The van der Waals surface area contributed by atoms with Gasteiger partial charge in [-0.25, -0.2) is 0 Å². The second-order valence-corrected chi connectivity index (χ2v) is 7.36. The molecule has 1 aliphatic heterocycles. The number of nitrogens with zero attached hydrogens (tertiary/aromatic N) is 1. The maximum Gasteiger partial charge on any atom is 0.255 e. The molecule has 27 heavy (non-hydrogen) atoms. The summed E-state index contributed by atoms with van der Waals surface area (Å²) in [6, 6.07) is 11.8. The number of ether oxygens (including phenoxy) is 1. The van der Waals surface area contributed by atoms with Crippen molar-refractivity contribution in [2.24, 2.45) is 0 Å². The van der Waals surface area contributed by atoms with Gasteiger partial charge < -0.3 is 15.8 Å². The highest BCUT2D eigenvalue weighted by Crippen LogP contribution is 2.29. The van der Waals surface area contributed by atoms with Crippen LogP contribution in [0.3, 0.4) is 0 Å². The zero-order valence-corrected chi connectivity index (χ0v) is 16.6. The lowest BCUT2D eigenvalue weighted by molar-refractivity contribution is 0.0935. The second-order valence-electron chi connectivity index (χ2n) is 6.95. The fourth-order valence-corrected chi connectivity index (χ4v) is 3.66. The van der Waals surface area contributed by atoms with Crippen LogP contribution in [0.15, 0.2) is 36.4 Å². The molecule has 5 nitrogen and oxygen atoms in total. The standard InChI is InChI=1S/C21H26ClN3O2/c1-14-5-7-15(8-6-14)19(25-9-3-4-10-25)13-24-21(26)16-11-17(22)18(23)12-20(16)27-2/h5-8,11-12,19H,3-4,9-10,13,23H2,1-2H3,(H,24,26). The molecule has 3 N–H and O–H groups in total. The summed E-state index contributed by atoms with van der Waals surface area (Å²) in [6.45, 7) is 4.69. The molecule has 2 aromatic rings. The molecule has 1 heterocycles. The molecule has 0 saturated carbocycles. The fraction of sp³-hybridized carbons (Fsp3) is 0.381. The molecule has 0 aromatic heterocycles. The highest BCUT2D eigenvalue weighted by molar-refractivity contribution is 6.33. The number of hydrogen-bond acceptors (Lipinski definition) is 4. The molecule has 1 atom stereocenters. The van der Waals surface area contributed by atoms with Crippen LogP contribution in [0.2, 0.25) is 5.02 Å². The van der Waals surface area contributed by atoms with Crippen molar-refractivity contribution in [3.8, 4) is 5.75 Å². The summed E-state index contributed by atoms with van der Waals surface area (Å²) in [7, 11) is 1.51. The van der Waals surface area contributed by atoms with E-state index in [0.29, 0.717) is 28.6 Å². The van der Waals surface area contributed by atoms with Crippen LogP contribution in [0.25, 0.3) is 0 Å². The first kappa shape index (κ1) is 19.5. The van der Waals surface area contributed by atoms with Gasteiger partial charge in [-0.15, -0.1) is 0 Å². The number of nitrogens with two attached hydrogens (primary N) is 1. The van der Waals surface area contributed by atoms with Crippen LogP contribution in [0.1, 0.15) is 40.4 Å². The van der Waals surface area contributed by atoms with Gasteiger partial charge >= 0.3 is 0 Å². The van der Waals surface area contributed by atoms with Crippen molar-refractivity contribution >= 4 is 23.2 Å². The number of anilines is 1. The Morgan fingerprint density at radius 3 is 2.56 bits per heavy atom. The SMILES string of the molecule is COc1cc(N)c(Cl)cc1C(=O)NCC(c1ccc(C)cc1)N1CCCC1. The number of nitrogen functional groups attached to an aromatic ring is 1. The summed E-state index contributed by atoms with van der Waals surface area (Å²) >= 11 is 6.10. The molecule has 0 spiro atoms. The summed E-state index contributed by atoms with van der Waals surface area (Å²) < 4.78 is 5.30. The van der Waals surface area contributed by atoms with E-state index >= 15 is 0 Å². The first-order valence-corrected chi connectivity index (χ1v) is 9.59. The molecule has 1 amide bonds. The maximum atomic E-state index is 12.8. The van der Waals surface area contributed by atoms with Gasteiger partial charge in [-0.05, 0) is 44.5 Å². The molecular formula is C21H26ClN3O2. The van der Waals surface area contributed by atoms with Crippen molar-refractivity contribution in [2.45, 2.75) is 25.8 Å². The third-order valence-corrected chi connectivity index (χ3v) is 5.39. The summed E-state index contributed by atoms with van der Waals surface area (Å²) in [5.41, 5.74) is 9.03. The highest BCUT2D eigenvalue weighted by atomic mass is 35.5. The number of nitrogens with one attached hydrogen (secondary N) is 1. The van der Waals surface area contributed by atoms with Crippen molar-refractivity contribution in [3.05, 3.63) is 58.1 Å². The smallest absolute Gasteiger partial charge is 0.255 e. The molecule has 1 fully saturated rings. The molecule has 1 unspecified atom stereocenters. The molecule has 1 saturated heterocycles. The van der Waals surface area contributed by atoms with Gasteiger partial charge in [0.15, 0.2) is 0 Å². The summed E-state index contributed by atoms with van der Waals surface area (Å²) in [5.74, 6) is 0.201. The van der Waals surface area contributed by atoms with Crippen molar-refractivity contribution in [3.63, 3.8) is 0 Å². The van der Waals surface area contributed by atoms with E-state index in [-0.39, 0.29) is 11.9 Å². The van der Waals surface area contributed by atoms with E-state index in [1.807, 2.05) is 0 Å². The number of carbonyl (C=O) groups excluding carboxylic acids is 1. The lowest BCUT2D eigenvalue weighted by Gasteiger charge is -2.28. The van der Waals surface area contributed by atoms with E-state index in [2.05, 4.69) is 41.4 Å². The van der Waals surface area contributed by atoms with Crippen LogP contribution in [0.4, 0.5) is 5.69 Å². The Labute approximate surface area is 165 Å². The molecule has 0 bridgehead atoms. The van der Waals surface area contributed by atoms with Gasteiger partial charge in [-0.3, -0.25) is 9.69 Å². The predicted molar refractivity (Wildman–Crippen MR) is 109 cm³/mol. The number of likely N-dealkylation sites (tertiary alicyclic amines) is 1. The highest BCUT2D eigenvalue weighted by Gasteiger charge is 2.25. The minimum Gasteiger partial charge on any atom is -0.496 e. The van der Waals surface area contributed by atoms with Crippen molar-refractivity contribution in [2.75, 3.05) is 32.5 Å². The van der Waals surface area contributed by atoms with Gasteiger partial charge in [0, 0.05) is 12.6 Å². The van der Waals surface area contributed by atoms with Gasteiger partial charge in [0.25, 0.3) is 5.91 Å². The third kappa shape index (κ3) is 4.54. The van der Waals surface area contributed by atoms with Crippen LogP contribution in [0.5, 0.6) is 5.75 Å². The second kappa shape index (κ2) is 8.63. The third-order valence-electron chi connectivity index (χ3n) is 5.06. The lowest BCUT2D eigenvalue weighted by atomic mass is 10.0.